The van der Waals surface area contributed by atoms with Gasteiger partial charge in [-0.05, 0) is 37.1 Å². The maximum atomic E-state index is 12.4. The number of unbranched alkanes of at least 4 members (excludes halogenated alkanes) is 1. The molecule has 1 heterocycles. The number of benzene rings is 2. The van der Waals surface area contributed by atoms with Crippen molar-refractivity contribution in [3.05, 3.63) is 60.4 Å². The molecular formula is C21H23N3O4. The smallest absolute Gasteiger partial charge is 0.303 e. The van der Waals surface area contributed by atoms with Crippen molar-refractivity contribution in [2.24, 2.45) is 0 Å². The van der Waals surface area contributed by atoms with E-state index in [1.54, 1.807) is 0 Å². The van der Waals surface area contributed by atoms with E-state index < -0.39 is 5.97 Å². The standard InChI is InChI=1S/C21H23N3O4/c25-20(22-13-7-6-12-21(26)27)14-24-18-11-5-4-10-17(18)23-19(24)15-28-16-8-2-1-3-9-16/h1-5,8-11H,6-7,12-15H2,(H,22,25)(H,26,27). The number of hydrogen-bond acceptors (Lipinski definition) is 4. The molecule has 2 N–H and O–H groups in total. The highest BCUT2D eigenvalue weighted by molar-refractivity contribution is 5.81. The molecule has 146 valence electrons. The molecule has 3 aromatic rings. The number of aromatic nitrogens is 2. The van der Waals surface area contributed by atoms with Crippen molar-refractivity contribution in [1.82, 2.24) is 14.9 Å². The summed E-state index contributed by atoms with van der Waals surface area (Å²) in [5, 5.41) is 11.5. The minimum absolute atomic E-state index is 0.114. The number of nitrogens with one attached hydrogen (secondary N) is 1. The van der Waals surface area contributed by atoms with E-state index in [0.717, 1.165) is 16.8 Å². The molecule has 0 saturated carbocycles. The van der Waals surface area contributed by atoms with Gasteiger partial charge in [-0.15, -0.1) is 0 Å². The molecule has 0 unspecified atom stereocenters. The molecule has 7 heteroatoms. The minimum atomic E-state index is -0.820. The summed E-state index contributed by atoms with van der Waals surface area (Å²) in [5.74, 6) is 0.453. The van der Waals surface area contributed by atoms with Crippen LogP contribution in [-0.4, -0.2) is 33.1 Å². The highest BCUT2D eigenvalue weighted by atomic mass is 16.5. The number of fused-ring (bicyclic) bond motifs is 1. The summed E-state index contributed by atoms with van der Waals surface area (Å²) in [6, 6.07) is 17.1. The fourth-order valence-corrected chi connectivity index (χ4v) is 2.91. The van der Waals surface area contributed by atoms with Crippen molar-refractivity contribution in [1.29, 1.82) is 0 Å². The van der Waals surface area contributed by atoms with Crippen molar-refractivity contribution in [2.75, 3.05) is 6.54 Å². The Morgan fingerprint density at radius 1 is 1.04 bits per heavy atom. The van der Waals surface area contributed by atoms with Gasteiger partial charge in [-0.1, -0.05) is 30.3 Å². The second kappa shape index (κ2) is 9.55. The highest BCUT2D eigenvalue weighted by Crippen LogP contribution is 2.18. The number of aliphatic carboxylic acids is 1. The van der Waals surface area contributed by atoms with E-state index in [1.807, 2.05) is 59.2 Å². The number of hydrogen-bond donors (Lipinski definition) is 2. The zero-order valence-corrected chi connectivity index (χ0v) is 15.5. The molecular weight excluding hydrogens is 358 g/mol. The van der Waals surface area contributed by atoms with Gasteiger partial charge in [0.25, 0.3) is 0 Å². The molecule has 0 saturated heterocycles. The van der Waals surface area contributed by atoms with Crippen molar-refractivity contribution in [2.45, 2.75) is 32.4 Å². The largest absolute Gasteiger partial charge is 0.486 e. The van der Waals surface area contributed by atoms with Crippen LogP contribution in [-0.2, 0) is 22.7 Å². The Hall–Kier alpha value is -3.35. The summed E-state index contributed by atoms with van der Waals surface area (Å²) in [7, 11) is 0. The molecule has 3 rings (SSSR count). The van der Waals surface area contributed by atoms with Crippen LogP contribution in [0.5, 0.6) is 5.75 Å². The van der Waals surface area contributed by atoms with Crippen LogP contribution in [0.2, 0.25) is 0 Å². The molecule has 1 amide bonds. The van der Waals surface area contributed by atoms with Crippen LogP contribution in [0.3, 0.4) is 0 Å². The molecule has 1 aromatic heterocycles. The SMILES string of the molecule is O=C(O)CCCCNC(=O)Cn1c(COc2ccccc2)nc2ccccc21. The molecule has 0 spiro atoms. The maximum absolute atomic E-state index is 12.4. The van der Waals surface area contributed by atoms with Crippen LogP contribution in [0.1, 0.15) is 25.1 Å². The number of carboxylic acid groups (broad SMARTS) is 1. The molecule has 0 aliphatic carbocycles. The first-order chi connectivity index (χ1) is 13.6. The number of imidazole rings is 1. The minimum Gasteiger partial charge on any atom is -0.486 e. The summed E-state index contributed by atoms with van der Waals surface area (Å²) in [4.78, 5) is 27.5. The second-order valence-corrected chi connectivity index (χ2v) is 6.41. The topological polar surface area (TPSA) is 93.5 Å². The van der Waals surface area contributed by atoms with E-state index in [9.17, 15) is 9.59 Å². The number of carbonyl (C=O) groups excluding carboxylic acids is 1. The van der Waals surface area contributed by atoms with Gasteiger partial charge in [-0.2, -0.15) is 0 Å². The van der Waals surface area contributed by atoms with Gasteiger partial charge in [0, 0.05) is 13.0 Å². The molecule has 28 heavy (non-hydrogen) atoms. The molecule has 2 aromatic carbocycles. The van der Waals surface area contributed by atoms with E-state index >= 15 is 0 Å². The summed E-state index contributed by atoms with van der Waals surface area (Å²) >= 11 is 0. The van der Waals surface area contributed by atoms with Crippen molar-refractivity contribution < 1.29 is 19.4 Å². The lowest BCUT2D eigenvalue weighted by Crippen LogP contribution is -2.29. The molecule has 0 atom stereocenters. The number of nitrogens with zero attached hydrogens (tertiary/aromatic N) is 2. The quantitative estimate of drug-likeness (QED) is 0.527. The highest BCUT2D eigenvalue weighted by Gasteiger charge is 2.14. The second-order valence-electron chi connectivity index (χ2n) is 6.41. The predicted octanol–water partition coefficient (Wildman–Crippen LogP) is 2.99. The first kappa shape index (κ1) is 19.4. The van der Waals surface area contributed by atoms with E-state index in [4.69, 9.17) is 9.84 Å². The van der Waals surface area contributed by atoms with Crippen LogP contribution in [0.4, 0.5) is 0 Å². The molecule has 0 fully saturated rings. The zero-order chi connectivity index (χ0) is 19.8. The number of carbonyl (C=O) groups is 2. The summed E-state index contributed by atoms with van der Waals surface area (Å²) in [6.07, 6.45) is 1.29. The molecule has 0 aliphatic rings. The van der Waals surface area contributed by atoms with Gasteiger partial charge in [0.2, 0.25) is 5.91 Å². The van der Waals surface area contributed by atoms with Gasteiger partial charge in [-0.3, -0.25) is 9.59 Å². The Morgan fingerprint density at radius 2 is 1.79 bits per heavy atom. The van der Waals surface area contributed by atoms with Crippen LogP contribution in [0, 0.1) is 0 Å². The van der Waals surface area contributed by atoms with E-state index in [2.05, 4.69) is 10.3 Å². The van der Waals surface area contributed by atoms with Crippen molar-refractivity contribution in [3.63, 3.8) is 0 Å². The fourth-order valence-electron chi connectivity index (χ4n) is 2.91. The van der Waals surface area contributed by atoms with Gasteiger partial charge >= 0.3 is 5.97 Å². The van der Waals surface area contributed by atoms with Crippen LogP contribution >= 0.6 is 0 Å². The van der Waals surface area contributed by atoms with Crippen LogP contribution in [0.15, 0.2) is 54.6 Å². The Balaban J connectivity index is 1.65. The first-order valence-electron chi connectivity index (χ1n) is 9.24. The van der Waals surface area contributed by atoms with E-state index in [-0.39, 0.29) is 25.5 Å². The van der Waals surface area contributed by atoms with Gasteiger partial charge < -0.3 is 19.7 Å². The normalized spacial score (nSPS) is 10.7. The monoisotopic (exact) mass is 381 g/mol. The van der Waals surface area contributed by atoms with E-state index in [0.29, 0.717) is 25.2 Å². The van der Waals surface area contributed by atoms with Crippen LogP contribution < -0.4 is 10.1 Å². The third kappa shape index (κ3) is 5.33. The number of rotatable bonds is 10. The number of ether oxygens (including phenoxy) is 1. The van der Waals surface area contributed by atoms with Gasteiger partial charge in [0.1, 0.15) is 24.7 Å². The lowest BCUT2D eigenvalue weighted by molar-refractivity contribution is -0.137. The lowest BCUT2D eigenvalue weighted by Gasteiger charge is -2.11. The molecule has 0 bridgehead atoms. The summed E-state index contributed by atoms with van der Waals surface area (Å²) in [6.45, 7) is 0.839. The van der Waals surface area contributed by atoms with Gasteiger partial charge in [-0.25, -0.2) is 4.98 Å². The molecule has 0 aliphatic heterocycles. The lowest BCUT2D eigenvalue weighted by atomic mass is 10.2. The Labute approximate surface area is 163 Å². The third-order valence-corrected chi connectivity index (χ3v) is 4.29. The van der Waals surface area contributed by atoms with Gasteiger partial charge in [0.05, 0.1) is 11.0 Å². The number of para-hydroxylation sites is 3. The fraction of sp³-hybridized carbons (Fsp3) is 0.286. The average Bonchev–Trinajstić information content (AvgIpc) is 3.04. The van der Waals surface area contributed by atoms with Gasteiger partial charge in [0.15, 0.2) is 0 Å². The van der Waals surface area contributed by atoms with Crippen LogP contribution in [0.25, 0.3) is 11.0 Å². The number of amides is 1. The van der Waals surface area contributed by atoms with Crippen molar-refractivity contribution in [3.8, 4) is 5.75 Å². The molecule has 7 nitrogen and oxygen atoms in total. The Bertz CT molecular complexity index is 937. The zero-order valence-electron chi connectivity index (χ0n) is 15.5. The van der Waals surface area contributed by atoms with E-state index in [1.165, 1.54) is 0 Å². The summed E-state index contributed by atoms with van der Waals surface area (Å²) in [5.41, 5.74) is 1.68. The number of carboxylic acids is 1. The average molecular weight is 381 g/mol. The first-order valence-corrected chi connectivity index (χ1v) is 9.24. The molecule has 0 radical (unpaired) electrons. The maximum Gasteiger partial charge on any atom is 0.303 e. The third-order valence-electron chi connectivity index (χ3n) is 4.29. The Morgan fingerprint density at radius 3 is 2.57 bits per heavy atom. The Kier molecular flexibility index (Phi) is 6.62. The summed E-state index contributed by atoms with van der Waals surface area (Å²) < 4.78 is 7.66. The predicted molar refractivity (Wildman–Crippen MR) is 105 cm³/mol. The van der Waals surface area contributed by atoms with Crippen molar-refractivity contribution >= 4 is 22.9 Å².